The second kappa shape index (κ2) is 4.69. The Kier molecular flexibility index (Phi) is 2.80. The van der Waals surface area contributed by atoms with Crippen LogP contribution in [-0.4, -0.2) is 22.8 Å². The van der Waals surface area contributed by atoms with Crippen LogP contribution in [0.4, 0.5) is 5.82 Å². The van der Waals surface area contributed by atoms with Crippen molar-refractivity contribution in [3.8, 4) is 22.8 Å². The van der Waals surface area contributed by atoms with E-state index in [2.05, 4.69) is 0 Å². The summed E-state index contributed by atoms with van der Waals surface area (Å²) in [5.74, 6) is 3.96. The molecule has 5 heteroatoms. The van der Waals surface area contributed by atoms with E-state index in [1.807, 2.05) is 29.8 Å². The van der Waals surface area contributed by atoms with Crippen molar-refractivity contribution >= 4 is 5.82 Å². The van der Waals surface area contributed by atoms with E-state index < -0.39 is 0 Å². The van der Waals surface area contributed by atoms with Gasteiger partial charge < -0.3 is 19.8 Å². The third-order valence-electron chi connectivity index (χ3n) is 4.14. The first-order valence-electron chi connectivity index (χ1n) is 7.46. The van der Waals surface area contributed by atoms with Crippen LogP contribution in [0.15, 0.2) is 18.2 Å². The van der Waals surface area contributed by atoms with Crippen LogP contribution in [0.1, 0.15) is 31.0 Å². The van der Waals surface area contributed by atoms with Gasteiger partial charge in [0.15, 0.2) is 11.5 Å². The molecule has 2 heterocycles. The first-order valence-corrected chi connectivity index (χ1v) is 7.46. The highest BCUT2D eigenvalue weighted by Crippen LogP contribution is 2.42. The number of hydrogen-bond donors (Lipinski definition) is 1. The van der Waals surface area contributed by atoms with Crippen LogP contribution >= 0.6 is 0 Å². The molecule has 0 atom stereocenters. The smallest absolute Gasteiger partial charge is 0.161 e. The minimum atomic E-state index is 0.575. The summed E-state index contributed by atoms with van der Waals surface area (Å²) in [4.78, 5) is 4.76. The molecule has 1 aromatic heterocycles. The summed E-state index contributed by atoms with van der Waals surface area (Å²) in [6, 6.07) is 5.93. The average molecular weight is 285 g/mol. The molecule has 1 fully saturated rings. The molecule has 2 aliphatic rings. The molecule has 1 aliphatic carbocycles. The molecule has 0 saturated heterocycles. The highest BCUT2D eigenvalue weighted by atomic mass is 16.5. The summed E-state index contributed by atoms with van der Waals surface area (Å²) in [6.45, 7) is 1.38. The summed E-state index contributed by atoms with van der Waals surface area (Å²) < 4.78 is 13.4. The Morgan fingerprint density at radius 3 is 2.71 bits per heavy atom. The summed E-state index contributed by atoms with van der Waals surface area (Å²) >= 11 is 0. The number of anilines is 1. The minimum absolute atomic E-state index is 0.575. The number of benzene rings is 1. The number of fused-ring (bicyclic) bond motifs is 1. The van der Waals surface area contributed by atoms with Gasteiger partial charge in [-0.25, -0.2) is 4.98 Å². The van der Waals surface area contributed by atoms with Gasteiger partial charge >= 0.3 is 0 Å². The van der Waals surface area contributed by atoms with E-state index >= 15 is 0 Å². The SMILES string of the molecule is Cn1c(C2CC2)nc(-c2ccc3c(c2)OCCCO3)c1N. The van der Waals surface area contributed by atoms with Crippen molar-refractivity contribution in [2.24, 2.45) is 7.05 Å². The number of hydrogen-bond acceptors (Lipinski definition) is 4. The van der Waals surface area contributed by atoms with E-state index in [4.69, 9.17) is 20.2 Å². The molecule has 0 spiro atoms. The molecule has 5 nitrogen and oxygen atoms in total. The number of nitrogen functional groups attached to an aromatic ring is 1. The predicted molar refractivity (Wildman–Crippen MR) is 80.6 cm³/mol. The lowest BCUT2D eigenvalue weighted by molar-refractivity contribution is 0.297. The van der Waals surface area contributed by atoms with E-state index in [-0.39, 0.29) is 0 Å². The van der Waals surface area contributed by atoms with Crippen LogP contribution in [0, 0.1) is 0 Å². The van der Waals surface area contributed by atoms with Crippen molar-refractivity contribution in [1.29, 1.82) is 0 Å². The number of rotatable bonds is 2. The van der Waals surface area contributed by atoms with E-state index in [1.54, 1.807) is 0 Å². The van der Waals surface area contributed by atoms with Gasteiger partial charge in [0.25, 0.3) is 0 Å². The van der Waals surface area contributed by atoms with Crippen molar-refractivity contribution in [3.63, 3.8) is 0 Å². The van der Waals surface area contributed by atoms with Crippen LogP contribution in [0.25, 0.3) is 11.3 Å². The number of imidazole rings is 1. The maximum Gasteiger partial charge on any atom is 0.161 e. The predicted octanol–water partition coefficient (Wildman–Crippen LogP) is 2.71. The maximum atomic E-state index is 6.24. The van der Waals surface area contributed by atoms with Gasteiger partial charge in [0.1, 0.15) is 17.3 Å². The molecule has 0 radical (unpaired) electrons. The lowest BCUT2D eigenvalue weighted by atomic mass is 10.1. The zero-order valence-corrected chi connectivity index (χ0v) is 12.1. The molecule has 0 amide bonds. The molecule has 2 N–H and O–H groups in total. The molecular weight excluding hydrogens is 266 g/mol. The Labute approximate surface area is 123 Å². The third kappa shape index (κ3) is 2.13. The fourth-order valence-electron chi connectivity index (χ4n) is 2.76. The Morgan fingerprint density at radius 2 is 1.95 bits per heavy atom. The second-order valence-electron chi connectivity index (χ2n) is 5.75. The van der Waals surface area contributed by atoms with Crippen molar-refractivity contribution in [2.75, 3.05) is 18.9 Å². The third-order valence-corrected chi connectivity index (χ3v) is 4.14. The number of aromatic nitrogens is 2. The van der Waals surface area contributed by atoms with Gasteiger partial charge in [-0.2, -0.15) is 0 Å². The Balaban J connectivity index is 1.76. The lowest BCUT2D eigenvalue weighted by Gasteiger charge is -2.08. The van der Waals surface area contributed by atoms with Gasteiger partial charge in [0.2, 0.25) is 0 Å². The van der Waals surface area contributed by atoms with Gasteiger partial charge in [0.05, 0.1) is 13.2 Å². The van der Waals surface area contributed by atoms with Crippen LogP contribution in [0.3, 0.4) is 0 Å². The Bertz CT molecular complexity index is 689. The maximum absolute atomic E-state index is 6.24. The largest absolute Gasteiger partial charge is 0.490 e. The Morgan fingerprint density at radius 1 is 1.19 bits per heavy atom. The standard InChI is InChI=1S/C16H19N3O2/c1-19-15(17)14(18-16(19)10-3-4-10)11-5-6-12-13(9-11)21-8-2-7-20-12/h5-6,9-10H,2-4,7-8,17H2,1H3. The second-order valence-corrected chi connectivity index (χ2v) is 5.75. The minimum Gasteiger partial charge on any atom is -0.490 e. The quantitative estimate of drug-likeness (QED) is 0.921. The van der Waals surface area contributed by atoms with Gasteiger partial charge in [-0.05, 0) is 31.0 Å². The van der Waals surface area contributed by atoms with Crippen molar-refractivity contribution in [2.45, 2.75) is 25.2 Å². The first kappa shape index (κ1) is 12.6. The molecular formula is C16H19N3O2. The van der Waals surface area contributed by atoms with Gasteiger partial charge in [-0.1, -0.05) is 0 Å². The van der Waals surface area contributed by atoms with Crippen LogP contribution in [0.5, 0.6) is 11.5 Å². The highest BCUT2D eigenvalue weighted by molar-refractivity contribution is 5.73. The molecule has 4 rings (SSSR count). The van der Waals surface area contributed by atoms with Crippen molar-refractivity contribution < 1.29 is 9.47 Å². The summed E-state index contributed by atoms with van der Waals surface area (Å²) in [7, 11) is 1.99. The average Bonchev–Trinajstić information content (AvgIpc) is 3.30. The van der Waals surface area contributed by atoms with Crippen LogP contribution in [0.2, 0.25) is 0 Å². The molecule has 110 valence electrons. The molecule has 21 heavy (non-hydrogen) atoms. The normalized spacial score (nSPS) is 17.6. The van der Waals surface area contributed by atoms with Crippen LogP contribution < -0.4 is 15.2 Å². The number of nitrogens with two attached hydrogens (primary N) is 1. The fraction of sp³-hybridized carbons (Fsp3) is 0.438. The van der Waals surface area contributed by atoms with Crippen LogP contribution in [-0.2, 0) is 7.05 Å². The van der Waals surface area contributed by atoms with Crippen molar-refractivity contribution in [3.05, 3.63) is 24.0 Å². The molecule has 2 aromatic rings. The van der Waals surface area contributed by atoms with E-state index in [0.29, 0.717) is 24.9 Å². The summed E-state index contributed by atoms with van der Waals surface area (Å²) in [5, 5.41) is 0. The number of ether oxygens (including phenoxy) is 2. The number of nitrogens with zero attached hydrogens (tertiary/aromatic N) is 2. The lowest BCUT2D eigenvalue weighted by Crippen LogP contribution is -2.00. The molecule has 0 bridgehead atoms. The molecule has 1 aliphatic heterocycles. The van der Waals surface area contributed by atoms with Gasteiger partial charge in [-0.3, -0.25) is 0 Å². The van der Waals surface area contributed by atoms with E-state index in [9.17, 15) is 0 Å². The van der Waals surface area contributed by atoms with Gasteiger partial charge in [-0.15, -0.1) is 0 Å². The van der Waals surface area contributed by atoms with Gasteiger partial charge in [0, 0.05) is 24.9 Å². The highest BCUT2D eigenvalue weighted by Gasteiger charge is 2.30. The molecule has 1 saturated carbocycles. The van der Waals surface area contributed by atoms with E-state index in [1.165, 1.54) is 12.8 Å². The Hall–Kier alpha value is -2.17. The summed E-state index contributed by atoms with van der Waals surface area (Å²) in [6.07, 6.45) is 3.33. The molecule has 0 unspecified atom stereocenters. The monoisotopic (exact) mass is 285 g/mol. The molecule has 1 aromatic carbocycles. The van der Waals surface area contributed by atoms with E-state index in [0.717, 1.165) is 35.0 Å². The summed E-state index contributed by atoms with van der Waals surface area (Å²) in [5.41, 5.74) is 8.06. The topological polar surface area (TPSA) is 62.3 Å². The first-order chi connectivity index (χ1) is 10.2. The zero-order valence-electron chi connectivity index (χ0n) is 12.1. The van der Waals surface area contributed by atoms with Crippen molar-refractivity contribution in [1.82, 2.24) is 9.55 Å². The zero-order chi connectivity index (χ0) is 14.4. The fourth-order valence-corrected chi connectivity index (χ4v) is 2.76.